The van der Waals surface area contributed by atoms with Gasteiger partial charge in [-0.1, -0.05) is 11.3 Å². The third-order valence-corrected chi connectivity index (χ3v) is 3.46. The largest absolute Gasteiger partial charge is 0.382 e. The van der Waals surface area contributed by atoms with Crippen LogP contribution in [0.25, 0.3) is 0 Å². The second-order valence-corrected chi connectivity index (χ2v) is 4.92. The van der Waals surface area contributed by atoms with Crippen molar-refractivity contribution in [1.82, 2.24) is 10.3 Å². The van der Waals surface area contributed by atoms with Crippen LogP contribution in [0.1, 0.15) is 29.4 Å². The molecule has 88 valence electrons. The van der Waals surface area contributed by atoms with Crippen LogP contribution < -0.4 is 16.4 Å². The highest BCUT2D eigenvalue weighted by Gasteiger charge is 2.23. The molecule has 0 aromatic carbocycles. The van der Waals surface area contributed by atoms with Gasteiger partial charge in [0.25, 0.3) is 5.91 Å². The molecule has 1 heterocycles. The van der Waals surface area contributed by atoms with Gasteiger partial charge in [0.2, 0.25) is 0 Å². The minimum absolute atomic E-state index is 0.106. The summed E-state index contributed by atoms with van der Waals surface area (Å²) >= 11 is 1.30. The smallest absolute Gasteiger partial charge is 0.265 e. The van der Waals surface area contributed by atoms with E-state index in [4.69, 9.17) is 5.73 Å². The van der Waals surface area contributed by atoms with Gasteiger partial charge in [0, 0.05) is 13.1 Å². The normalized spacial score (nSPS) is 14.8. The molecular formula is C10H16N4OS. The number of nitrogens with one attached hydrogen (secondary N) is 2. The summed E-state index contributed by atoms with van der Waals surface area (Å²) in [5, 5.41) is 6.63. The molecule has 16 heavy (non-hydrogen) atoms. The molecule has 0 atom stereocenters. The van der Waals surface area contributed by atoms with Crippen LogP contribution in [0.5, 0.6) is 0 Å². The molecule has 0 bridgehead atoms. The maximum atomic E-state index is 11.8. The van der Waals surface area contributed by atoms with Crippen molar-refractivity contribution in [2.75, 3.05) is 24.1 Å². The van der Waals surface area contributed by atoms with E-state index in [-0.39, 0.29) is 5.91 Å². The van der Waals surface area contributed by atoms with E-state index in [1.165, 1.54) is 24.2 Å². The first-order valence-corrected chi connectivity index (χ1v) is 6.30. The topological polar surface area (TPSA) is 80.0 Å². The minimum atomic E-state index is -0.106. The summed E-state index contributed by atoms with van der Waals surface area (Å²) in [6, 6.07) is 0. The van der Waals surface area contributed by atoms with Gasteiger partial charge in [-0.25, -0.2) is 4.98 Å². The Morgan fingerprint density at radius 2 is 2.38 bits per heavy atom. The molecule has 1 fully saturated rings. The number of nitrogen functional groups attached to an aromatic ring is 1. The van der Waals surface area contributed by atoms with Gasteiger partial charge in [0.15, 0.2) is 5.13 Å². The van der Waals surface area contributed by atoms with Crippen LogP contribution in [0.15, 0.2) is 0 Å². The zero-order chi connectivity index (χ0) is 11.5. The summed E-state index contributed by atoms with van der Waals surface area (Å²) in [6.07, 6.45) is 2.45. The SMILES string of the molecule is CCNc1nc(N)c(C(=O)NCC2CC2)s1. The number of hydrogen-bond acceptors (Lipinski definition) is 5. The number of aromatic nitrogens is 1. The quantitative estimate of drug-likeness (QED) is 0.724. The Balaban J connectivity index is 1.97. The molecule has 1 aliphatic carbocycles. The van der Waals surface area contributed by atoms with Crippen molar-refractivity contribution in [3.63, 3.8) is 0 Å². The van der Waals surface area contributed by atoms with Gasteiger partial charge in [-0.15, -0.1) is 0 Å². The molecule has 1 aromatic heterocycles. The monoisotopic (exact) mass is 240 g/mol. The van der Waals surface area contributed by atoms with E-state index in [9.17, 15) is 4.79 Å². The Bertz CT molecular complexity index is 386. The van der Waals surface area contributed by atoms with Crippen LogP contribution >= 0.6 is 11.3 Å². The number of amides is 1. The second kappa shape index (κ2) is 4.69. The Labute approximate surface area is 98.4 Å². The van der Waals surface area contributed by atoms with Gasteiger partial charge in [-0.2, -0.15) is 0 Å². The van der Waals surface area contributed by atoms with Crippen molar-refractivity contribution in [2.45, 2.75) is 19.8 Å². The second-order valence-electron chi connectivity index (χ2n) is 3.92. The average molecular weight is 240 g/mol. The number of thiazole rings is 1. The summed E-state index contributed by atoms with van der Waals surface area (Å²) in [7, 11) is 0. The number of rotatable bonds is 5. The van der Waals surface area contributed by atoms with E-state index in [0.29, 0.717) is 21.7 Å². The first-order valence-electron chi connectivity index (χ1n) is 5.49. The molecule has 1 aromatic rings. The van der Waals surface area contributed by atoms with Gasteiger partial charge in [-0.3, -0.25) is 4.79 Å². The molecule has 0 radical (unpaired) electrons. The lowest BCUT2D eigenvalue weighted by Crippen LogP contribution is -2.25. The van der Waals surface area contributed by atoms with Crippen LogP contribution in [0, 0.1) is 5.92 Å². The van der Waals surface area contributed by atoms with Gasteiger partial charge < -0.3 is 16.4 Å². The summed E-state index contributed by atoms with van der Waals surface area (Å²) in [6.45, 7) is 3.51. The van der Waals surface area contributed by atoms with E-state index in [1.54, 1.807) is 0 Å². The molecule has 5 nitrogen and oxygen atoms in total. The molecule has 6 heteroatoms. The molecule has 0 aliphatic heterocycles. The Kier molecular flexibility index (Phi) is 3.28. The van der Waals surface area contributed by atoms with E-state index in [1.807, 2.05) is 6.92 Å². The summed E-state index contributed by atoms with van der Waals surface area (Å²) < 4.78 is 0. The fourth-order valence-electron chi connectivity index (χ4n) is 1.36. The summed E-state index contributed by atoms with van der Waals surface area (Å²) in [4.78, 5) is 16.4. The number of nitrogens with two attached hydrogens (primary N) is 1. The number of carbonyl (C=O) groups is 1. The predicted octanol–water partition coefficient (Wildman–Crippen LogP) is 1.30. The van der Waals surface area contributed by atoms with Crippen molar-refractivity contribution in [1.29, 1.82) is 0 Å². The van der Waals surface area contributed by atoms with E-state index in [2.05, 4.69) is 15.6 Å². The fourth-order valence-corrected chi connectivity index (χ4v) is 2.23. The van der Waals surface area contributed by atoms with Crippen LogP contribution in [0.3, 0.4) is 0 Å². The number of nitrogens with zero attached hydrogens (tertiary/aromatic N) is 1. The highest BCUT2D eigenvalue weighted by atomic mass is 32.1. The van der Waals surface area contributed by atoms with Crippen LogP contribution in [-0.2, 0) is 0 Å². The van der Waals surface area contributed by atoms with Crippen molar-refractivity contribution in [2.24, 2.45) is 5.92 Å². The maximum Gasteiger partial charge on any atom is 0.265 e. The van der Waals surface area contributed by atoms with Crippen molar-refractivity contribution in [3.05, 3.63) is 4.88 Å². The van der Waals surface area contributed by atoms with Gasteiger partial charge in [0.05, 0.1) is 0 Å². The fraction of sp³-hybridized carbons (Fsp3) is 0.600. The molecule has 0 unspecified atom stereocenters. The zero-order valence-corrected chi connectivity index (χ0v) is 10.1. The van der Waals surface area contributed by atoms with E-state index in [0.717, 1.165) is 13.1 Å². The molecule has 1 aliphatic rings. The number of carbonyl (C=O) groups excluding carboxylic acids is 1. The number of hydrogen-bond donors (Lipinski definition) is 3. The van der Waals surface area contributed by atoms with Gasteiger partial charge >= 0.3 is 0 Å². The molecule has 1 saturated carbocycles. The van der Waals surface area contributed by atoms with Gasteiger partial charge in [-0.05, 0) is 25.7 Å². The highest BCUT2D eigenvalue weighted by Crippen LogP contribution is 2.28. The predicted molar refractivity (Wildman–Crippen MR) is 65.7 cm³/mol. The molecular weight excluding hydrogens is 224 g/mol. The molecule has 2 rings (SSSR count). The molecule has 1 amide bonds. The molecule has 4 N–H and O–H groups in total. The van der Waals surface area contributed by atoms with E-state index < -0.39 is 0 Å². The average Bonchev–Trinajstić information content (AvgIpc) is 3.00. The Morgan fingerprint density at radius 1 is 1.62 bits per heavy atom. The summed E-state index contributed by atoms with van der Waals surface area (Å²) in [5.41, 5.74) is 5.69. The molecule has 0 saturated heterocycles. The van der Waals surface area contributed by atoms with Crippen molar-refractivity contribution in [3.8, 4) is 0 Å². The first-order chi connectivity index (χ1) is 7.70. The lowest BCUT2D eigenvalue weighted by Gasteiger charge is -2.01. The van der Waals surface area contributed by atoms with Crippen molar-refractivity contribution >= 4 is 28.2 Å². The first kappa shape index (κ1) is 11.2. The van der Waals surface area contributed by atoms with Crippen molar-refractivity contribution < 1.29 is 4.79 Å². The van der Waals surface area contributed by atoms with Crippen LogP contribution in [0.2, 0.25) is 0 Å². The highest BCUT2D eigenvalue weighted by molar-refractivity contribution is 7.18. The van der Waals surface area contributed by atoms with Crippen LogP contribution in [-0.4, -0.2) is 24.0 Å². The zero-order valence-electron chi connectivity index (χ0n) is 9.25. The standard InChI is InChI=1S/C10H16N4OS/c1-2-12-10-14-8(11)7(16-10)9(15)13-5-6-3-4-6/h6H,2-5,11H2,1H3,(H,12,14)(H,13,15). The number of anilines is 2. The summed E-state index contributed by atoms with van der Waals surface area (Å²) in [5.74, 6) is 0.881. The maximum absolute atomic E-state index is 11.8. The third-order valence-electron chi connectivity index (χ3n) is 2.44. The lowest BCUT2D eigenvalue weighted by atomic mass is 10.4. The van der Waals surface area contributed by atoms with Gasteiger partial charge in [0.1, 0.15) is 10.7 Å². The lowest BCUT2D eigenvalue weighted by molar-refractivity contribution is 0.0956. The minimum Gasteiger partial charge on any atom is -0.382 e. The van der Waals surface area contributed by atoms with Crippen LogP contribution in [0.4, 0.5) is 10.9 Å². The third kappa shape index (κ3) is 2.63. The Morgan fingerprint density at radius 3 is 3.00 bits per heavy atom. The van der Waals surface area contributed by atoms with E-state index >= 15 is 0 Å². The molecule has 0 spiro atoms. The Hall–Kier alpha value is -1.30.